The fourth-order valence-corrected chi connectivity index (χ4v) is 3.55. The van der Waals surface area contributed by atoms with Gasteiger partial charge in [-0.25, -0.2) is 0 Å². The summed E-state index contributed by atoms with van der Waals surface area (Å²) in [6.07, 6.45) is 5.09. The molecule has 136 valence electrons. The first-order chi connectivity index (χ1) is 13.1. The van der Waals surface area contributed by atoms with Crippen LogP contribution in [0.4, 0.5) is 5.69 Å². The largest absolute Gasteiger partial charge is 0.310 e. The number of rotatable bonds is 3. The molecule has 0 fully saturated rings. The van der Waals surface area contributed by atoms with E-state index < -0.39 is 0 Å². The second-order valence-corrected chi connectivity index (χ2v) is 6.91. The average molecular weight is 380 g/mol. The molecule has 27 heavy (non-hydrogen) atoms. The molecule has 0 spiro atoms. The van der Waals surface area contributed by atoms with Gasteiger partial charge in [-0.15, -0.1) is 0 Å². The van der Waals surface area contributed by atoms with Gasteiger partial charge in [0, 0.05) is 30.0 Å². The maximum atomic E-state index is 13.1. The van der Waals surface area contributed by atoms with E-state index in [9.17, 15) is 9.59 Å². The number of hydrogen-bond donors (Lipinski definition) is 0. The van der Waals surface area contributed by atoms with Crippen molar-refractivity contribution in [3.05, 3.63) is 93.1 Å². The van der Waals surface area contributed by atoms with Gasteiger partial charge in [-0.05, 0) is 42.7 Å². The lowest BCUT2D eigenvalue weighted by molar-refractivity contribution is 0.0984. The summed E-state index contributed by atoms with van der Waals surface area (Å²) in [5, 5.41) is 0.595. The van der Waals surface area contributed by atoms with E-state index >= 15 is 0 Å². The number of aryl methyl sites for hydroxylation is 1. The zero-order chi connectivity index (χ0) is 18.8. The quantitative estimate of drug-likeness (QED) is 0.699. The highest BCUT2D eigenvalue weighted by molar-refractivity contribution is 6.31. The number of pyridine rings is 2. The summed E-state index contributed by atoms with van der Waals surface area (Å²) in [5.74, 6) is -0.128. The van der Waals surface area contributed by atoms with Crippen LogP contribution in [0.25, 0.3) is 0 Å². The molecule has 1 aliphatic rings. The van der Waals surface area contributed by atoms with Crippen molar-refractivity contribution in [1.82, 2.24) is 9.55 Å². The SMILES string of the molecule is O=C(c1ccc(=O)n(Cc2ccccc2Cl)c1)N1CCCc2ncccc21. The third-order valence-electron chi connectivity index (χ3n) is 4.73. The number of carbonyl (C=O) groups excluding carboxylic acids is 1. The number of hydrogen-bond acceptors (Lipinski definition) is 3. The Kier molecular flexibility index (Phi) is 4.77. The van der Waals surface area contributed by atoms with Crippen molar-refractivity contribution in [3.8, 4) is 0 Å². The maximum Gasteiger partial charge on any atom is 0.259 e. The van der Waals surface area contributed by atoms with E-state index in [4.69, 9.17) is 11.6 Å². The van der Waals surface area contributed by atoms with Crippen LogP contribution in [-0.2, 0) is 13.0 Å². The highest BCUT2D eigenvalue weighted by atomic mass is 35.5. The van der Waals surface area contributed by atoms with Crippen LogP contribution in [0.5, 0.6) is 0 Å². The molecule has 3 aromatic rings. The molecule has 0 aliphatic carbocycles. The third kappa shape index (κ3) is 3.51. The molecule has 1 amide bonds. The Morgan fingerprint density at radius 1 is 1.11 bits per heavy atom. The zero-order valence-corrected chi connectivity index (χ0v) is 15.4. The molecule has 2 aromatic heterocycles. The Labute approximate surface area is 161 Å². The van der Waals surface area contributed by atoms with Gasteiger partial charge in [-0.3, -0.25) is 14.6 Å². The van der Waals surface area contributed by atoms with E-state index in [2.05, 4.69) is 4.98 Å². The highest BCUT2D eigenvalue weighted by Gasteiger charge is 2.24. The van der Waals surface area contributed by atoms with E-state index in [0.717, 1.165) is 29.8 Å². The van der Waals surface area contributed by atoms with Gasteiger partial charge in [-0.1, -0.05) is 29.8 Å². The molecule has 3 heterocycles. The van der Waals surface area contributed by atoms with Crippen molar-refractivity contribution >= 4 is 23.2 Å². The summed E-state index contributed by atoms with van der Waals surface area (Å²) in [5.41, 5.74) is 2.91. The fourth-order valence-electron chi connectivity index (χ4n) is 3.35. The Morgan fingerprint density at radius 3 is 2.81 bits per heavy atom. The molecule has 0 atom stereocenters. The predicted molar refractivity (Wildman–Crippen MR) is 105 cm³/mol. The first-order valence-electron chi connectivity index (χ1n) is 8.83. The van der Waals surface area contributed by atoms with E-state index in [1.807, 2.05) is 30.3 Å². The van der Waals surface area contributed by atoms with Crippen LogP contribution >= 0.6 is 11.6 Å². The Hall–Kier alpha value is -2.92. The molecular weight excluding hydrogens is 362 g/mol. The molecule has 1 aromatic carbocycles. The van der Waals surface area contributed by atoms with Crippen LogP contribution in [0.3, 0.4) is 0 Å². The minimum atomic E-state index is -0.174. The lowest BCUT2D eigenvalue weighted by Gasteiger charge is -2.28. The number of aromatic nitrogens is 2. The van der Waals surface area contributed by atoms with Gasteiger partial charge in [0.1, 0.15) is 0 Å². The summed E-state index contributed by atoms with van der Waals surface area (Å²) in [4.78, 5) is 31.5. The van der Waals surface area contributed by atoms with Crippen molar-refractivity contribution in [1.29, 1.82) is 0 Å². The van der Waals surface area contributed by atoms with Crippen LogP contribution < -0.4 is 10.5 Å². The predicted octanol–water partition coefficient (Wildman–Crippen LogP) is 3.54. The monoisotopic (exact) mass is 379 g/mol. The topological polar surface area (TPSA) is 55.2 Å². The third-order valence-corrected chi connectivity index (χ3v) is 5.10. The van der Waals surface area contributed by atoms with Crippen molar-refractivity contribution in [2.24, 2.45) is 0 Å². The lowest BCUT2D eigenvalue weighted by atomic mass is 10.1. The Bertz CT molecular complexity index is 1060. The minimum Gasteiger partial charge on any atom is -0.310 e. The first kappa shape index (κ1) is 17.5. The number of halogens is 1. The van der Waals surface area contributed by atoms with Gasteiger partial charge in [-0.2, -0.15) is 0 Å². The second kappa shape index (κ2) is 7.37. The van der Waals surface area contributed by atoms with Crippen molar-refractivity contribution in [3.63, 3.8) is 0 Å². The Morgan fingerprint density at radius 2 is 1.96 bits per heavy atom. The molecule has 4 rings (SSSR count). The number of anilines is 1. The van der Waals surface area contributed by atoms with Crippen LogP contribution in [0.1, 0.15) is 28.0 Å². The summed E-state index contributed by atoms with van der Waals surface area (Å²) in [7, 11) is 0. The molecule has 0 bridgehead atoms. The lowest BCUT2D eigenvalue weighted by Crippen LogP contribution is -2.36. The van der Waals surface area contributed by atoms with Gasteiger partial charge in [0.2, 0.25) is 0 Å². The molecule has 0 saturated carbocycles. The highest BCUT2D eigenvalue weighted by Crippen LogP contribution is 2.26. The number of fused-ring (bicyclic) bond motifs is 1. The van der Waals surface area contributed by atoms with Gasteiger partial charge >= 0.3 is 0 Å². The van der Waals surface area contributed by atoms with E-state index in [0.29, 0.717) is 23.7 Å². The molecule has 0 N–H and O–H groups in total. The molecule has 1 aliphatic heterocycles. The average Bonchev–Trinajstić information content (AvgIpc) is 2.70. The molecule has 5 nitrogen and oxygen atoms in total. The zero-order valence-electron chi connectivity index (χ0n) is 14.6. The maximum absolute atomic E-state index is 13.1. The van der Waals surface area contributed by atoms with Crippen LogP contribution in [0.2, 0.25) is 5.02 Å². The number of carbonyl (C=O) groups is 1. The van der Waals surface area contributed by atoms with Crippen molar-refractivity contribution in [2.75, 3.05) is 11.4 Å². The molecular formula is C21H18ClN3O2. The van der Waals surface area contributed by atoms with E-state index in [1.54, 1.807) is 29.4 Å². The Balaban J connectivity index is 1.66. The summed E-state index contributed by atoms with van der Waals surface area (Å²) in [6, 6.07) is 14.1. The van der Waals surface area contributed by atoms with Crippen LogP contribution in [0, 0.1) is 0 Å². The van der Waals surface area contributed by atoms with Crippen molar-refractivity contribution in [2.45, 2.75) is 19.4 Å². The van der Waals surface area contributed by atoms with E-state index in [1.165, 1.54) is 10.6 Å². The standard InChI is InChI=1S/C21H18ClN3O2/c22-17-6-2-1-5-15(17)13-24-14-16(9-10-20(24)26)21(27)25-12-4-7-18-19(25)8-3-11-23-18/h1-3,5-6,8-11,14H,4,7,12-13H2. The molecule has 0 saturated heterocycles. The second-order valence-electron chi connectivity index (χ2n) is 6.50. The fraction of sp³-hybridized carbons (Fsp3) is 0.190. The summed E-state index contributed by atoms with van der Waals surface area (Å²) >= 11 is 6.21. The summed E-state index contributed by atoms with van der Waals surface area (Å²) < 4.78 is 1.52. The van der Waals surface area contributed by atoms with Gasteiger partial charge in [0.15, 0.2) is 0 Å². The van der Waals surface area contributed by atoms with Gasteiger partial charge < -0.3 is 9.47 Å². The van der Waals surface area contributed by atoms with Crippen LogP contribution in [-0.4, -0.2) is 22.0 Å². The number of nitrogens with zero attached hydrogens (tertiary/aromatic N) is 3. The van der Waals surface area contributed by atoms with Gasteiger partial charge in [0.25, 0.3) is 11.5 Å². The normalized spacial score (nSPS) is 13.3. The number of amides is 1. The number of benzene rings is 1. The van der Waals surface area contributed by atoms with E-state index in [-0.39, 0.29) is 11.5 Å². The van der Waals surface area contributed by atoms with Crippen LogP contribution in [0.15, 0.2) is 65.7 Å². The molecule has 0 unspecified atom stereocenters. The smallest absolute Gasteiger partial charge is 0.259 e. The summed E-state index contributed by atoms with van der Waals surface area (Å²) in [6.45, 7) is 0.957. The minimum absolute atomic E-state index is 0.128. The molecule has 6 heteroatoms. The van der Waals surface area contributed by atoms with Crippen molar-refractivity contribution < 1.29 is 4.79 Å². The molecule has 0 radical (unpaired) electrons. The van der Waals surface area contributed by atoms with Gasteiger partial charge in [0.05, 0.1) is 23.5 Å². The first-order valence-corrected chi connectivity index (χ1v) is 9.21.